The Balaban J connectivity index is 2.71. The molecule has 0 aliphatic rings. The molecule has 1 rings (SSSR count). The third-order valence-electron chi connectivity index (χ3n) is 1.63. The van der Waals surface area contributed by atoms with E-state index in [-0.39, 0.29) is 0 Å². The molecule has 0 N–H and O–H groups in total. The van der Waals surface area contributed by atoms with Gasteiger partial charge in [-0.1, -0.05) is 47.7 Å². The van der Waals surface area contributed by atoms with E-state index in [1.807, 2.05) is 48.6 Å². The highest BCUT2D eigenvalue weighted by atomic mass is 28.1. The van der Waals surface area contributed by atoms with Crippen LogP contribution in [0, 0.1) is 11.3 Å². The van der Waals surface area contributed by atoms with E-state index in [0.29, 0.717) is 0 Å². The van der Waals surface area contributed by atoms with Gasteiger partial charge in [-0.25, -0.2) is 0 Å². The first-order valence-electron chi connectivity index (χ1n) is 4.12. The third kappa shape index (κ3) is 3.54. The van der Waals surface area contributed by atoms with Gasteiger partial charge < -0.3 is 0 Å². The summed E-state index contributed by atoms with van der Waals surface area (Å²) in [5.74, 6) is 0. The minimum atomic E-state index is 0.911. The Kier molecular flexibility index (Phi) is 3.74. The topological polar surface area (TPSA) is 23.8 Å². The van der Waals surface area contributed by atoms with Crippen molar-refractivity contribution in [1.29, 1.82) is 5.26 Å². The van der Waals surface area contributed by atoms with Crippen molar-refractivity contribution in [2.24, 2.45) is 0 Å². The van der Waals surface area contributed by atoms with Crippen LogP contribution in [0.4, 0.5) is 0 Å². The third-order valence-corrected chi connectivity index (χ3v) is 2.25. The van der Waals surface area contributed by atoms with Gasteiger partial charge in [-0.2, -0.15) is 5.26 Å². The molecular weight excluding hydrogens is 174 g/mol. The smallest absolute Gasteiger partial charge is 0.0910 e. The van der Waals surface area contributed by atoms with Gasteiger partial charge in [0.25, 0.3) is 0 Å². The molecule has 0 heterocycles. The Morgan fingerprint density at radius 2 is 2.00 bits per heavy atom. The second-order valence-electron chi connectivity index (χ2n) is 2.76. The van der Waals surface area contributed by atoms with Crippen LogP contribution in [-0.2, 0) is 0 Å². The maximum atomic E-state index is 8.40. The number of allylic oxidation sites excluding steroid dienone is 3. The first-order valence-corrected chi connectivity index (χ1v) is 5.12. The summed E-state index contributed by atoms with van der Waals surface area (Å²) < 4.78 is 0. The zero-order chi connectivity index (χ0) is 9.52. The van der Waals surface area contributed by atoms with E-state index in [0.717, 1.165) is 15.4 Å². The Labute approximate surface area is 81.4 Å². The summed E-state index contributed by atoms with van der Waals surface area (Å²) >= 11 is 0. The van der Waals surface area contributed by atoms with Gasteiger partial charge in [0, 0.05) is 16.3 Å². The van der Waals surface area contributed by atoms with Crippen LogP contribution in [0.15, 0.2) is 47.7 Å². The fraction of sp³-hybridized carbons (Fsp3) is 0. The second-order valence-corrected chi connectivity index (χ2v) is 3.92. The van der Waals surface area contributed by atoms with Crippen LogP contribution in [-0.4, -0.2) is 10.2 Å². The molecule has 2 heteroatoms. The molecule has 0 bridgehead atoms. The summed E-state index contributed by atoms with van der Waals surface area (Å²) in [4.78, 5) is 0. The molecule has 64 valence electrons. The lowest BCUT2D eigenvalue weighted by Gasteiger charge is -1.90. The van der Waals surface area contributed by atoms with Crippen molar-refractivity contribution in [3.63, 3.8) is 0 Å². The van der Waals surface area contributed by atoms with Crippen molar-refractivity contribution in [2.75, 3.05) is 0 Å². The van der Waals surface area contributed by atoms with Gasteiger partial charge in [0.1, 0.15) is 0 Å². The molecule has 0 aliphatic heterocycles. The highest BCUT2D eigenvalue weighted by Crippen LogP contribution is 2.02. The van der Waals surface area contributed by atoms with Crippen molar-refractivity contribution in [1.82, 2.24) is 0 Å². The SMILES string of the molecule is N#CC=C([SiH3])C=Cc1ccccc1. The lowest BCUT2D eigenvalue weighted by molar-refractivity contribution is 1.53. The fourth-order valence-electron chi connectivity index (χ4n) is 0.942. The van der Waals surface area contributed by atoms with Crippen molar-refractivity contribution < 1.29 is 0 Å². The fourth-order valence-corrected chi connectivity index (χ4v) is 1.24. The molecule has 0 radical (unpaired) electrons. The molecule has 0 aromatic heterocycles. The van der Waals surface area contributed by atoms with Gasteiger partial charge in [-0.05, 0) is 5.56 Å². The van der Waals surface area contributed by atoms with E-state index >= 15 is 0 Å². The van der Waals surface area contributed by atoms with Crippen molar-refractivity contribution in [2.45, 2.75) is 0 Å². The van der Waals surface area contributed by atoms with Gasteiger partial charge in [0.15, 0.2) is 0 Å². The zero-order valence-electron chi connectivity index (χ0n) is 7.57. The molecule has 0 amide bonds. The van der Waals surface area contributed by atoms with Crippen LogP contribution in [0.5, 0.6) is 0 Å². The van der Waals surface area contributed by atoms with E-state index in [9.17, 15) is 0 Å². The summed E-state index contributed by atoms with van der Waals surface area (Å²) in [5.41, 5.74) is 1.17. The van der Waals surface area contributed by atoms with Crippen LogP contribution in [0.25, 0.3) is 6.08 Å². The Hall–Kier alpha value is -1.59. The van der Waals surface area contributed by atoms with E-state index in [1.165, 1.54) is 5.56 Å². The van der Waals surface area contributed by atoms with Gasteiger partial charge in [0.05, 0.1) is 6.07 Å². The van der Waals surface area contributed by atoms with Gasteiger partial charge in [0.2, 0.25) is 0 Å². The normalized spacial score (nSPS) is 11.8. The van der Waals surface area contributed by atoms with E-state index in [2.05, 4.69) is 0 Å². The molecule has 0 unspecified atom stereocenters. The number of benzene rings is 1. The first kappa shape index (κ1) is 9.49. The zero-order valence-corrected chi connectivity index (χ0v) is 9.57. The quantitative estimate of drug-likeness (QED) is 0.389. The second kappa shape index (κ2) is 5.12. The largest absolute Gasteiger partial charge is 0.193 e. The molecule has 0 fully saturated rings. The molecule has 1 aromatic carbocycles. The molecule has 1 aromatic rings. The number of hydrogen-bond donors (Lipinski definition) is 0. The monoisotopic (exact) mass is 185 g/mol. The average molecular weight is 185 g/mol. The van der Waals surface area contributed by atoms with Crippen LogP contribution in [0.3, 0.4) is 0 Å². The van der Waals surface area contributed by atoms with Gasteiger partial charge in [-0.3, -0.25) is 0 Å². The number of hydrogen-bond acceptors (Lipinski definition) is 1. The molecule has 1 nitrogen and oxygen atoms in total. The first-order chi connectivity index (χ1) is 6.33. The average Bonchev–Trinajstić information content (AvgIpc) is 2.17. The summed E-state index contributed by atoms with van der Waals surface area (Å²) in [7, 11) is 0.911. The maximum absolute atomic E-state index is 8.40. The van der Waals surface area contributed by atoms with Crippen LogP contribution >= 0.6 is 0 Å². The predicted octanol–water partition coefficient (Wildman–Crippen LogP) is 1.47. The molecular formula is C11H11NSi. The molecule has 0 saturated carbocycles. The van der Waals surface area contributed by atoms with Crippen molar-refractivity contribution >= 4 is 16.3 Å². The number of nitrogens with zero attached hydrogens (tertiary/aromatic N) is 1. The van der Waals surface area contributed by atoms with Crippen LogP contribution < -0.4 is 0 Å². The van der Waals surface area contributed by atoms with Crippen molar-refractivity contribution in [3.8, 4) is 6.07 Å². The molecule has 0 aliphatic carbocycles. The maximum Gasteiger partial charge on any atom is 0.0910 e. The number of nitriles is 1. The summed E-state index contributed by atoms with van der Waals surface area (Å²) in [6.07, 6.45) is 5.60. The lowest BCUT2D eigenvalue weighted by Crippen LogP contribution is -1.74. The lowest BCUT2D eigenvalue weighted by atomic mass is 10.2. The molecule has 0 atom stereocenters. The minimum absolute atomic E-state index is 0.911. The molecule has 13 heavy (non-hydrogen) atoms. The van der Waals surface area contributed by atoms with Gasteiger partial charge >= 0.3 is 0 Å². The molecule has 0 saturated heterocycles. The van der Waals surface area contributed by atoms with Crippen LogP contribution in [0.1, 0.15) is 5.56 Å². The highest BCUT2D eigenvalue weighted by Gasteiger charge is 1.83. The Morgan fingerprint density at radius 1 is 1.31 bits per heavy atom. The Bertz CT molecular complexity index is 357. The van der Waals surface area contributed by atoms with Crippen molar-refractivity contribution in [3.05, 3.63) is 53.2 Å². The standard InChI is InChI=1S/C11H11NSi/c12-9-8-11(13)7-6-10-4-2-1-3-5-10/h1-8H,13H3. The van der Waals surface area contributed by atoms with Gasteiger partial charge in [-0.15, -0.1) is 0 Å². The molecule has 0 spiro atoms. The van der Waals surface area contributed by atoms with E-state index < -0.39 is 0 Å². The number of rotatable bonds is 2. The minimum Gasteiger partial charge on any atom is -0.193 e. The van der Waals surface area contributed by atoms with E-state index in [4.69, 9.17) is 5.26 Å². The predicted molar refractivity (Wildman–Crippen MR) is 59.1 cm³/mol. The Morgan fingerprint density at radius 3 is 2.62 bits per heavy atom. The highest BCUT2D eigenvalue weighted by molar-refractivity contribution is 6.24. The van der Waals surface area contributed by atoms with Crippen LogP contribution in [0.2, 0.25) is 0 Å². The summed E-state index contributed by atoms with van der Waals surface area (Å²) in [5, 5.41) is 9.50. The summed E-state index contributed by atoms with van der Waals surface area (Å²) in [6, 6.07) is 12.1. The summed E-state index contributed by atoms with van der Waals surface area (Å²) in [6.45, 7) is 0. The van der Waals surface area contributed by atoms with E-state index in [1.54, 1.807) is 6.08 Å².